The molecule has 2 aliphatic rings. The molecule has 0 unspecified atom stereocenters. The number of aryl methyl sites for hydroxylation is 2. The minimum Gasteiger partial charge on any atom is -0.484 e. The fourth-order valence-electron chi connectivity index (χ4n) is 4.89. The molecule has 1 aromatic heterocycles. The van der Waals surface area contributed by atoms with Gasteiger partial charge in [-0.2, -0.15) is 5.26 Å². The third kappa shape index (κ3) is 4.89. The van der Waals surface area contributed by atoms with E-state index in [9.17, 15) is 4.79 Å². The predicted molar refractivity (Wildman–Crippen MR) is 126 cm³/mol. The van der Waals surface area contributed by atoms with Crippen LogP contribution in [0.5, 0.6) is 5.75 Å². The number of rotatable bonds is 5. The van der Waals surface area contributed by atoms with E-state index in [1.165, 1.54) is 24.0 Å². The fraction of sp³-hybridized carbons (Fsp3) is 0.407. The SMILES string of the molecule is N#Cc1ccc(CN2CCCN(C(=O)COc3ccc4oc5c(c4c3)CCCC5)CC2)cc1. The highest BCUT2D eigenvalue weighted by Crippen LogP contribution is 2.34. The van der Waals surface area contributed by atoms with Crippen LogP contribution in [-0.2, 0) is 24.2 Å². The second kappa shape index (κ2) is 9.68. The van der Waals surface area contributed by atoms with Gasteiger partial charge in [0.15, 0.2) is 6.61 Å². The minimum atomic E-state index is 0.0320. The number of fused-ring (bicyclic) bond motifs is 3. The zero-order valence-electron chi connectivity index (χ0n) is 18.9. The van der Waals surface area contributed by atoms with E-state index in [-0.39, 0.29) is 12.5 Å². The zero-order valence-corrected chi connectivity index (χ0v) is 18.9. The largest absolute Gasteiger partial charge is 0.484 e. The number of nitrogens with zero attached hydrogens (tertiary/aromatic N) is 3. The molecule has 1 fully saturated rings. The Morgan fingerprint density at radius 3 is 2.70 bits per heavy atom. The molecule has 170 valence electrons. The monoisotopic (exact) mass is 443 g/mol. The van der Waals surface area contributed by atoms with Crippen LogP contribution >= 0.6 is 0 Å². The lowest BCUT2D eigenvalue weighted by Crippen LogP contribution is -2.38. The number of ether oxygens (including phenoxy) is 1. The molecule has 0 N–H and O–H groups in total. The molecule has 1 aliphatic heterocycles. The first-order valence-electron chi connectivity index (χ1n) is 11.9. The summed E-state index contributed by atoms with van der Waals surface area (Å²) in [4.78, 5) is 17.1. The Balaban J connectivity index is 1.15. The highest BCUT2D eigenvalue weighted by molar-refractivity contribution is 5.84. The van der Waals surface area contributed by atoms with Crippen molar-refractivity contribution < 1.29 is 13.9 Å². The number of carbonyl (C=O) groups is 1. The van der Waals surface area contributed by atoms with Gasteiger partial charge in [0.2, 0.25) is 0 Å². The molecule has 0 radical (unpaired) electrons. The number of carbonyl (C=O) groups excluding carboxylic acids is 1. The summed E-state index contributed by atoms with van der Waals surface area (Å²) >= 11 is 0. The number of hydrogen-bond acceptors (Lipinski definition) is 5. The summed E-state index contributed by atoms with van der Waals surface area (Å²) in [6.07, 6.45) is 5.39. The molecular weight excluding hydrogens is 414 g/mol. The Hall–Kier alpha value is -3.30. The normalized spacial score (nSPS) is 16.8. The average molecular weight is 444 g/mol. The Morgan fingerprint density at radius 2 is 1.85 bits per heavy atom. The van der Waals surface area contributed by atoms with Crippen molar-refractivity contribution in [2.45, 2.75) is 38.6 Å². The second-order valence-corrected chi connectivity index (χ2v) is 8.98. The maximum atomic E-state index is 12.8. The van der Waals surface area contributed by atoms with Crippen LogP contribution in [0.2, 0.25) is 0 Å². The summed E-state index contributed by atoms with van der Waals surface area (Å²) in [5.41, 5.74) is 4.09. The molecule has 2 aromatic carbocycles. The van der Waals surface area contributed by atoms with E-state index in [0.717, 1.165) is 67.9 Å². The van der Waals surface area contributed by atoms with Crippen molar-refractivity contribution in [3.05, 3.63) is 64.9 Å². The molecule has 6 nitrogen and oxygen atoms in total. The van der Waals surface area contributed by atoms with Crippen molar-refractivity contribution in [2.24, 2.45) is 0 Å². The molecule has 0 spiro atoms. The van der Waals surface area contributed by atoms with Crippen molar-refractivity contribution in [1.29, 1.82) is 5.26 Å². The van der Waals surface area contributed by atoms with Gasteiger partial charge in [-0.05, 0) is 61.6 Å². The van der Waals surface area contributed by atoms with Crippen molar-refractivity contribution >= 4 is 16.9 Å². The molecule has 0 saturated carbocycles. The van der Waals surface area contributed by atoms with Gasteiger partial charge in [0.05, 0.1) is 11.6 Å². The lowest BCUT2D eigenvalue weighted by molar-refractivity contribution is -0.133. The summed E-state index contributed by atoms with van der Waals surface area (Å²) in [5, 5.41) is 10.1. The lowest BCUT2D eigenvalue weighted by atomic mass is 9.96. The van der Waals surface area contributed by atoms with Gasteiger partial charge < -0.3 is 14.1 Å². The molecule has 6 heteroatoms. The van der Waals surface area contributed by atoms with Crippen molar-refractivity contribution in [2.75, 3.05) is 32.8 Å². The van der Waals surface area contributed by atoms with E-state index in [4.69, 9.17) is 14.4 Å². The molecule has 1 amide bonds. The number of furan rings is 1. The first-order valence-corrected chi connectivity index (χ1v) is 11.9. The van der Waals surface area contributed by atoms with Crippen molar-refractivity contribution in [3.63, 3.8) is 0 Å². The van der Waals surface area contributed by atoms with Crippen LogP contribution in [0.15, 0.2) is 46.9 Å². The number of amides is 1. The van der Waals surface area contributed by atoms with Gasteiger partial charge in [-0.3, -0.25) is 9.69 Å². The van der Waals surface area contributed by atoms with Crippen LogP contribution < -0.4 is 4.74 Å². The summed E-state index contributed by atoms with van der Waals surface area (Å²) in [6.45, 7) is 4.12. The van der Waals surface area contributed by atoms with Crippen LogP contribution in [0.1, 0.15) is 41.7 Å². The summed E-state index contributed by atoms with van der Waals surface area (Å²) in [5.74, 6) is 1.87. The van der Waals surface area contributed by atoms with Crippen LogP contribution in [0.25, 0.3) is 11.0 Å². The summed E-state index contributed by atoms with van der Waals surface area (Å²) in [6, 6.07) is 15.8. The summed E-state index contributed by atoms with van der Waals surface area (Å²) in [7, 11) is 0. The lowest BCUT2D eigenvalue weighted by Gasteiger charge is -2.22. The topological polar surface area (TPSA) is 69.7 Å². The standard InChI is InChI=1S/C27H29N3O3/c28-17-20-6-8-21(9-7-20)18-29-12-3-13-30(15-14-29)27(31)19-32-22-10-11-26-24(16-22)23-4-1-2-5-25(23)33-26/h6-11,16H,1-5,12-15,18-19H2. The Kier molecular flexibility index (Phi) is 6.32. The first kappa shape index (κ1) is 21.5. The maximum absolute atomic E-state index is 12.8. The number of benzene rings is 2. The number of nitriles is 1. The minimum absolute atomic E-state index is 0.0320. The molecular formula is C27H29N3O3. The van der Waals surface area contributed by atoms with Gasteiger partial charge >= 0.3 is 0 Å². The van der Waals surface area contributed by atoms with Crippen molar-refractivity contribution in [1.82, 2.24) is 9.80 Å². The van der Waals surface area contributed by atoms with Crippen LogP contribution in [0, 0.1) is 11.3 Å². The Bertz CT molecular complexity index is 1180. The molecule has 0 bridgehead atoms. The molecule has 33 heavy (non-hydrogen) atoms. The second-order valence-electron chi connectivity index (χ2n) is 8.98. The Morgan fingerprint density at radius 1 is 1.00 bits per heavy atom. The molecule has 1 saturated heterocycles. The van der Waals surface area contributed by atoms with E-state index in [0.29, 0.717) is 12.1 Å². The maximum Gasteiger partial charge on any atom is 0.260 e. The fourth-order valence-corrected chi connectivity index (χ4v) is 4.89. The Labute approximate surface area is 194 Å². The van der Waals surface area contributed by atoms with E-state index < -0.39 is 0 Å². The van der Waals surface area contributed by atoms with Crippen LogP contribution in [0.3, 0.4) is 0 Å². The van der Waals surface area contributed by atoms with Gasteiger partial charge in [0.1, 0.15) is 17.1 Å². The van der Waals surface area contributed by atoms with E-state index in [2.05, 4.69) is 11.0 Å². The van der Waals surface area contributed by atoms with Gasteiger partial charge in [0, 0.05) is 50.1 Å². The molecule has 1 aliphatic carbocycles. The van der Waals surface area contributed by atoms with E-state index >= 15 is 0 Å². The van der Waals surface area contributed by atoms with Gasteiger partial charge in [-0.25, -0.2) is 0 Å². The smallest absolute Gasteiger partial charge is 0.260 e. The van der Waals surface area contributed by atoms with Crippen molar-refractivity contribution in [3.8, 4) is 11.8 Å². The molecule has 3 aromatic rings. The number of hydrogen-bond donors (Lipinski definition) is 0. The molecule has 0 atom stereocenters. The third-order valence-electron chi connectivity index (χ3n) is 6.72. The third-order valence-corrected chi connectivity index (χ3v) is 6.72. The molecule has 5 rings (SSSR count). The van der Waals surface area contributed by atoms with E-state index in [1.54, 1.807) is 0 Å². The zero-order chi connectivity index (χ0) is 22.6. The van der Waals surface area contributed by atoms with Gasteiger partial charge in [0.25, 0.3) is 5.91 Å². The van der Waals surface area contributed by atoms with Crippen LogP contribution in [0.4, 0.5) is 0 Å². The van der Waals surface area contributed by atoms with E-state index in [1.807, 2.05) is 47.4 Å². The highest BCUT2D eigenvalue weighted by Gasteiger charge is 2.21. The first-order chi connectivity index (χ1) is 16.2. The summed E-state index contributed by atoms with van der Waals surface area (Å²) < 4.78 is 11.9. The molecule has 2 heterocycles. The predicted octanol–water partition coefficient (Wildman–Crippen LogP) is 4.30. The highest BCUT2D eigenvalue weighted by atomic mass is 16.5. The average Bonchev–Trinajstić information content (AvgIpc) is 3.06. The quantitative estimate of drug-likeness (QED) is 0.588. The van der Waals surface area contributed by atoms with Gasteiger partial charge in [-0.15, -0.1) is 0 Å². The van der Waals surface area contributed by atoms with Gasteiger partial charge in [-0.1, -0.05) is 12.1 Å². The van der Waals surface area contributed by atoms with Crippen LogP contribution in [-0.4, -0.2) is 48.5 Å².